The Bertz CT molecular complexity index is 738. The Morgan fingerprint density at radius 3 is 2.57 bits per heavy atom. The van der Waals surface area contributed by atoms with Gasteiger partial charge < -0.3 is 0 Å². The van der Waals surface area contributed by atoms with Crippen molar-refractivity contribution >= 4 is 18.2 Å². The number of aromatic nitrogens is 2. The summed E-state index contributed by atoms with van der Waals surface area (Å²) in [6.45, 7) is 2.89. The molecule has 0 bridgehead atoms. The van der Waals surface area contributed by atoms with Gasteiger partial charge in [0.05, 0.1) is 30.0 Å². The standard InChI is InChI=1S/C14H14F3N5.ClH/c1-9-7-12(13-19-5-6-21(13)18)22(20-9)11-4-2-3-10(8-11)14(15,16)17;/h2-4,7-8H,5-6,18H2,1H3;1H. The van der Waals surface area contributed by atoms with Crippen LogP contribution in [0.15, 0.2) is 35.3 Å². The van der Waals surface area contributed by atoms with Crippen molar-refractivity contribution < 1.29 is 13.2 Å². The molecule has 23 heavy (non-hydrogen) atoms. The monoisotopic (exact) mass is 345 g/mol. The Morgan fingerprint density at radius 1 is 1.22 bits per heavy atom. The molecule has 0 spiro atoms. The average Bonchev–Trinajstić information content (AvgIpc) is 3.03. The highest BCUT2D eigenvalue weighted by Gasteiger charge is 2.31. The van der Waals surface area contributed by atoms with E-state index in [1.165, 1.54) is 15.8 Å². The van der Waals surface area contributed by atoms with Gasteiger partial charge in [0, 0.05) is 0 Å². The predicted molar refractivity (Wildman–Crippen MR) is 82.8 cm³/mol. The summed E-state index contributed by atoms with van der Waals surface area (Å²) in [6, 6.07) is 6.77. The maximum atomic E-state index is 12.9. The lowest BCUT2D eigenvalue weighted by molar-refractivity contribution is -0.137. The Morgan fingerprint density at radius 2 is 1.96 bits per heavy atom. The molecule has 2 aromatic rings. The van der Waals surface area contributed by atoms with E-state index in [0.717, 1.165) is 12.1 Å². The number of nitrogens with two attached hydrogens (primary N) is 1. The van der Waals surface area contributed by atoms with Gasteiger partial charge in [0.25, 0.3) is 0 Å². The van der Waals surface area contributed by atoms with Crippen LogP contribution in [-0.2, 0) is 6.18 Å². The summed E-state index contributed by atoms with van der Waals surface area (Å²) < 4.78 is 40.1. The smallest absolute Gasteiger partial charge is 0.291 e. The van der Waals surface area contributed by atoms with Crippen molar-refractivity contribution in [3.8, 4) is 5.69 Å². The van der Waals surface area contributed by atoms with Gasteiger partial charge in [-0.25, -0.2) is 10.5 Å². The first-order valence-corrected chi connectivity index (χ1v) is 6.67. The zero-order valence-corrected chi connectivity index (χ0v) is 13.0. The fourth-order valence-corrected chi connectivity index (χ4v) is 2.36. The summed E-state index contributed by atoms with van der Waals surface area (Å²) in [4.78, 5) is 4.29. The predicted octanol–water partition coefficient (Wildman–Crippen LogP) is 2.56. The van der Waals surface area contributed by atoms with E-state index in [0.29, 0.717) is 36.0 Å². The van der Waals surface area contributed by atoms with Crippen LogP contribution in [0.1, 0.15) is 17.0 Å². The van der Waals surface area contributed by atoms with Crippen LogP contribution >= 0.6 is 12.4 Å². The lowest BCUT2D eigenvalue weighted by Crippen LogP contribution is -2.36. The summed E-state index contributed by atoms with van der Waals surface area (Å²) in [6.07, 6.45) is -4.40. The molecule has 0 radical (unpaired) electrons. The van der Waals surface area contributed by atoms with Gasteiger partial charge >= 0.3 is 6.18 Å². The molecule has 124 valence electrons. The molecule has 0 fully saturated rings. The van der Waals surface area contributed by atoms with E-state index in [9.17, 15) is 13.2 Å². The van der Waals surface area contributed by atoms with Crippen molar-refractivity contribution in [2.24, 2.45) is 10.8 Å². The van der Waals surface area contributed by atoms with E-state index < -0.39 is 11.7 Å². The molecule has 1 aliphatic heterocycles. The Hall–Kier alpha value is -2.06. The maximum absolute atomic E-state index is 12.9. The second kappa shape index (κ2) is 6.21. The van der Waals surface area contributed by atoms with E-state index >= 15 is 0 Å². The molecule has 2 heterocycles. The number of benzene rings is 1. The molecule has 0 unspecified atom stereocenters. The number of aryl methyl sites for hydroxylation is 1. The van der Waals surface area contributed by atoms with Gasteiger partial charge in [0.15, 0.2) is 5.84 Å². The summed E-state index contributed by atoms with van der Waals surface area (Å²) in [5, 5.41) is 5.74. The number of nitrogens with zero attached hydrogens (tertiary/aromatic N) is 4. The van der Waals surface area contributed by atoms with Crippen LogP contribution in [0.4, 0.5) is 13.2 Å². The first kappa shape index (κ1) is 17.3. The number of aliphatic imine (C=N–C) groups is 1. The fourth-order valence-electron chi connectivity index (χ4n) is 2.36. The quantitative estimate of drug-likeness (QED) is 0.851. The number of amidine groups is 1. The van der Waals surface area contributed by atoms with Crippen LogP contribution in [-0.4, -0.2) is 33.7 Å². The minimum atomic E-state index is -4.40. The van der Waals surface area contributed by atoms with Crippen LogP contribution in [0.5, 0.6) is 0 Å². The Labute approximate surface area is 137 Å². The van der Waals surface area contributed by atoms with E-state index in [-0.39, 0.29) is 12.4 Å². The van der Waals surface area contributed by atoms with Gasteiger partial charge in [-0.05, 0) is 31.2 Å². The van der Waals surface area contributed by atoms with Crippen LogP contribution in [0.25, 0.3) is 5.69 Å². The zero-order chi connectivity index (χ0) is 15.9. The zero-order valence-electron chi connectivity index (χ0n) is 12.2. The van der Waals surface area contributed by atoms with Crippen LogP contribution in [0.3, 0.4) is 0 Å². The molecule has 9 heteroatoms. The molecule has 3 rings (SSSR count). The minimum Gasteiger partial charge on any atom is -0.291 e. The average molecular weight is 346 g/mol. The van der Waals surface area contributed by atoms with Crippen molar-refractivity contribution in [1.82, 2.24) is 14.8 Å². The maximum Gasteiger partial charge on any atom is 0.416 e. The number of hydrogen-bond acceptors (Lipinski definition) is 4. The van der Waals surface area contributed by atoms with Crippen molar-refractivity contribution in [2.45, 2.75) is 13.1 Å². The van der Waals surface area contributed by atoms with Gasteiger partial charge in [-0.2, -0.15) is 18.3 Å². The lowest BCUT2D eigenvalue weighted by Gasteiger charge is -2.15. The minimum absolute atomic E-state index is 0. The van der Waals surface area contributed by atoms with Crippen LogP contribution in [0.2, 0.25) is 0 Å². The van der Waals surface area contributed by atoms with Crippen molar-refractivity contribution in [3.63, 3.8) is 0 Å². The number of hydrogen-bond donors (Lipinski definition) is 1. The van der Waals surface area contributed by atoms with Crippen molar-refractivity contribution in [2.75, 3.05) is 13.1 Å². The third kappa shape index (κ3) is 3.32. The topological polar surface area (TPSA) is 59.4 Å². The number of hydrazine groups is 1. The summed E-state index contributed by atoms with van der Waals surface area (Å²) in [5.41, 5.74) is 0.857. The normalized spacial score (nSPS) is 14.7. The molecule has 0 amide bonds. The van der Waals surface area contributed by atoms with Crippen LogP contribution < -0.4 is 5.84 Å². The summed E-state index contributed by atoms with van der Waals surface area (Å²) in [5.74, 6) is 6.37. The first-order valence-electron chi connectivity index (χ1n) is 6.67. The van der Waals surface area contributed by atoms with E-state index in [1.54, 1.807) is 19.1 Å². The SMILES string of the molecule is Cc1cc(C2=NCCN2N)n(-c2cccc(C(F)(F)F)c2)n1.Cl. The number of alkyl halides is 3. The fraction of sp³-hybridized carbons (Fsp3) is 0.286. The van der Waals surface area contributed by atoms with Crippen molar-refractivity contribution in [3.05, 3.63) is 47.3 Å². The largest absolute Gasteiger partial charge is 0.416 e. The molecule has 2 N–H and O–H groups in total. The molecule has 0 saturated heterocycles. The van der Waals surface area contributed by atoms with E-state index in [4.69, 9.17) is 5.84 Å². The molecule has 0 aliphatic carbocycles. The highest BCUT2D eigenvalue weighted by Crippen LogP contribution is 2.30. The van der Waals surface area contributed by atoms with E-state index in [1.807, 2.05) is 0 Å². The molecule has 1 aromatic carbocycles. The molecule has 5 nitrogen and oxygen atoms in total. The van der Waals surface area contributed by atoms with Gasteiger partial charge in [0.1, 0.15) is 5.69 Å². The lowest BCUT2D eigenvalue weighted by atomic mass is 10.2. The Kier molecular flexibility index (Phi) is 4.67. The molecular formula is C14H15ClF3N5. The van der Waals surface area contributed by atoms with E-state index in [2.05, 4.69) is 10.1 Å². The summed E-state index contributed by atoms with van der Waals surface area (Å²) in [7, 11) is 0. The Balaban J connectivity index is 0.00000192. The molecule has 1 aliphatic rings. The van der Waals surface area contributed by atoms with Gasteiger partial charge in [0.2, 0.25) is 0 Å². The highest BCUT2D eigenvalue weighted by molar-refractivity contribution is 5.98. The summed E-state index contributed by atoms with van der Waals surface area (Å²) >= 11 is 0. The third-order valence-electron chi connectivity index (χ3n) is 3.35. The van der Waals surface area contributed by atoms with Crippen LogP contribution in [0, 0.1) is 6.92 Å². The van der Waals surface area contributed by atoms with Gasteiger partial charge in [-0.15, -0.1) is 12.4 Å². The number of halogens is 4. The van der Waals surface area contributed by atoms with Crippen molar-refractivity contribution in [1.29, 1.82) is 0 Å². The molecule has 1 aromatic heterocycles. The third-order valence-corrected chi connectivity index (χ3v) is 3.35. The molecular weight excluding hydrogens is 331 g/mol. The second-order valence-corrected chi connectivity index (χ2v) is 5.03. The second-order valence-electron chi connectivity index (χ2n) is 5.03. The first-order chi connectivity index (χ1) is 10.4. The molecule has 0 saturated carbocycles. The number of rotatable bonds is 2. The van der Waals surface area contributed by atoms with Gasteiger partial charge in [-0.1, -0.05) is 6.07 Å². The molecule has 0 atom stereocenters. The van der Waals surface area contributed by atoms with Gasteiger partial charge in [-0.3, -0.25) is 10.0 Å². The highest BCUT2D eigenvalue weighted by atomic mass is 35.5.